The number of aromatic nitrogens is 1. The van der Waals surface area contributed by atoms with Gasteiger partial charge in [0.25, 0.3) is 0 Å². The van der Waals surface area contributed by atoms with Gasteiger partial charge in [0.05, 0.1) is 0 Å². The van der Waals surface area contributed by atoms with Crippen LogP contribution in [0.25, 0.3) is 0 Å². The van der Waals surface area contributed by atoms with E-state index >= 15 is 0 Å². The summed E-state index contributed by atoms with van der Waals surface area (Å²) in [5.41, 5.74) is 0.976. The van der Waals surface area contributed by atoms with Crippen molar-refractivity contribution in [1.82, 2.24) is 10.3 Å². The normalized spacial score (nSPS) is 22.2. The Morgan fingerprint density at radius 2 is 2.37 bits per heavy atom. The number of hydrogen-bond acceptors (Lipinski definition) is 3. The van der Waals surface area contributed by atoms with E-state index in [-0.39, 0.29) is 12.1 Å². The van der Waals surface area contributed by atoms with Gasteiger partial charge in [-0.25, -0.2) is 9.78 Å². The third-order valence-electron chi connectivity index (χ3n) is 3.39. The quantitative estimate of drug-likeness (QED) is 0.890. The van der Waals surface area contributed by atoms with Crippen molar-refractivity contribution >= 4 is 23.6 Å². The van der Waals surface area contributed by atoms with Gasteiger partial charge in [-0.1, -0.05) is 19.4 Å². The SMILES string of the molecule is CCS[C@H]1CCC[C@@H]1NC(=O)Nc1ncccc1C. The fraction of sp³-hybridized carbons (Fsp3) is 0.571. The van der Waals surface area contributed by atoms with E-state index < -0.39 is 0 Å². The highest BCUT2D eigenvalue weighted by molar-refractivity contribution is 7.99. The molecule has 0 saturated heterocycles. The molecule has 1 aromatic heterocycles. The highest BCUT2D eigenvalue weighted by Crippen LogP contribution is 2.29. The molecule has 1 saturated carbocycles. The number of pyridine rings is 1. The lowest BCUT2D eigenvalue weighted by molar-refractivity contribution is 0.248. The lowest BCUT2D eigenvalue weighted by atomic mass is 10.2. The first kappa shape index (κ1) is 14.2. The predicted molar refractivity (Wildman–Crippen MR) is 80.7 cm³/mol. The number of hydrogen-bond donors (Lipinski definition) is 2. The van der Waals surface area contributed by atoms with E-state index in [1.165, 1.54) is 12.8 Å². The van der Waals surface area contributed by atoms with Crippen LogP contribution in [0.2, 0.25) is 0 Å². The number of nitrogens with zero attached hydrogens (tertiary/aromatic N) is 1. The lowest BCUT2D eigenvalue weighted by Gasteiger charge is -2.20. The fourth-order valence-electron chi connectivity index (χ4n) is 2.43. The molecular weight excluding hydrogens is 258 g/mol. The van der Waals surface area contributed by atoms with Crippen molar-refractivity contribution in [3.8, 4) is 0 Å². The van der Waals surface area contributed by atoms with E-state index in [0.717, 1.165) is 17.7 Å². The minimum atomic E-state index is -0.143. The predicted octanol–water partition coefficient (Wildman–Crippen LogP) is 3.19. The van der Waals surface area contributed by atoms with Crippen molar-refractivity contribution in [1.29, 1.82) is 0 Å². The van der Waals surface area contributed by atoms with Crippen LogP contribution in [0.4, 0.5) is 10.6 Å². The minimum absolute atomic E-state index is 0.143. The molecule has 2 atom stereocenters. The first-order valence-electron chi connectivity index (χ1n) is 6.81. The van der Waals surface area contributed by atoms with Crippen molar-refractivity contribution < 1.29 is 4.79 Å². The molecule has 2 N–H and O–H groups in total. The van der Waals surface area contributed by atoms with Crippen LogP contribution in [0, 0.1) is 6.92 Å². The highest BCUT2D eigenvalue weighted by atomic mass is 32.2. The van der Waals surface area contributed by atoms with Gasteiger partial charge in [0.1, 0.15) is 5.82 Å². The van der Waals surface area contributed by atoms with E-state index in [4.69, 9.17) is 0 Å². The molecule has 0 aliphatic heterocycles. The van der Waals surface area contributed by atoms with Gasteiger partial charge in [-0.15, -0.1) is 0 Å². The highest BCUT2D eigenvalue weighted by Gasteiger charge is 2.28. The average molecular weight is 279 g/mol. The Hall–Kier alpha value is -1.23. The molecule has 2 rings (SSSR count). The molecule has 0 spiro atoms. The van der Waals surface area contributed by atoms with Crippen molar-refractivity contribution in [2.24, 2.45) is 0 Å². The smallest absolute Gasteiger partial charge is 0.320 e. The Morgan fingerprint density at radius 1 is 1.53 bits per heavy atom. The Labute approximate surface area is 118 Å². The number of aryl methyl sites for hydroxylation is 1. The van der Waals surface area contributed by atoms with Crippen LogP contribution in [0.1, 0.15) is 31.7 Å². The zero-order valence-electron chi connectivity index (χ0n) is 11.5. The summed E-state index contributed by atoms with van der Waals surface area (Å²) in [7, 11) is 0. The third kappa shape index (κ3) is 3.86. The molecule has 0 radical (unpaired) electrons. The van der Waals surface area contributed by atoms with Gasteiger partial charge in [0.2, 0.25) is 0 Å². The van der Waals surface area contributed by atoms with Crippen LogP contribution < -0.4 is 10.6 Å². The number of carbonyl (C=O) groups excluding carboxylic acids is 1. The monoisotopic (exact) mass is 279 g/mol. The topological polar surface area (TPSA) is 54.0 Å². The van der Waals surface area contributed by atoms with Gasteiger partial charge in [0, 0.05) is 17.5 Å². The van der Waals surface area contributed by atoms with Crippen LogP contribution in [0.15, 0.2) is 18.3 Å². The number of nitrogens with one attached hydrogen (secondary N) is 2. The molecule has 0 unspecified atom stereocenters. The van der Waals surface area contributed by atoms with Gasteiger partial charge in [-0.2, -0.15) is 11.8 Å². The molecule has 19 heavy (non-hydrogen) atoms. The van der Waals surface area contributed by atoms with Gasteiger partial charge in [0.15, 0.2) is 0 Å². The number of anilines is 1. The van der Waals surface area contributed by atoms with E-state index in [2.05, 4.69) is 22.5 Å². The van der Waals surface area contributed by atoms with E-state index in [1.54, 1.807) is 6.20 Å². The van der Waals surface area contributed by atoms with Crippen molar-refractivity contribution in [2.45, 2.75) is 44.4 Å². The molecule has 0 bridgehead atoms. The van der Waals surface area contributed by atoms with Crippen LogP contribution in [-0.4, -0.2) is 28.1 Å². The second-order valence-electron chi connectivity index (χ2n) is 4.80. The Balaban J connectivity index is 1.89. The van der Waals surface area contributed by atoms with Crippen molar-refractivity contribution in [3.63, 3.8) is 0 Å². The molecule has 0 aromatic carbocycles. The maximum atomic E-state index is 12.0. The van der Waals surface area contributed by atoms with Crippen molar-refractivity contribution in [2.75, 3.05) is 11.1 Å². The summed E-state index contributed by atoms with van der Waals surface area (Å²) in [5.74, 6) is 1.74. The standard InChI is InChI=1S/C14H21N3OS/c1-3-19-12-8-4-7-11(12)16-14(18)17-13-10(2)6-5-9-15-13/h5-6,9,11-12H,3-4,7-8H2,1-2H3,(H2,15,16,17,18)/t11-,12-/m0/s1. The van der Waals surface area contributed by atoms with Gasteiger partial charge < -0.3 is 5.32 Å². The van der Waals surface area contributed by atoms with Crippen LogP contribution in [0.5, 0.6) is 0 Å². The van der Waals surface area contributed by atoms with E-state index in [0.29, 0.717) is 11.1 Å². The maximum Gasteiger partial charge on any atom is 0.320 e. The largest absolute Gasteiger partial charge is 0.334 e. The number of amides is 2. The van der Waals surface area contributed by atoms with Crippen LogP contribution in [-0.2, 0) is 0 Å². The Kier molecular flexibility index (Phi) is 5.07. The van der Waals surface area contributed by atoms with Gasteiger partial charge >= 0.3 is 6.03 Å². The van der Waals surface area contributed by atoms with Crippen molar-refractivity contribution in [3.05, 3.63) is 23.9 Å². The lowest BCUT2D eigenvalue weighted by Crippen LogP contribution is -2.41. The Morgan fingerprint density at radius 3 is 3.11 bits per heavy atom. The molecule has 4 nitrogen and oxygen atoms in total. The summed E-state index contributed by atoms with van der Waals surface area (Å²) in [6.45, 7) is 4.10. The number of urea groups is 1. The summed E-state index contributed by atoms with van der Waals surface area (Å²) >= 11 is 1.94. The summed E-state index contributed by atoms with van der Waals surface area (Å²) < 4.78 is 0. The second kappa shape index (κ2) is 6.80. The molecule has 1 heterocycles. The van der Waals surface area contributed by atoms with E-state index in [1.807, 2.05) is 30.8 Å². The molecule has 104 valence electrons. The fourth-order valence-corrected chi connectivity index (χ4v) is 3.63. The zero-order valence-corrected chi connectivity index (χ0v) is 12.3. The molecular formula is C14H21N3OS. The molecule has 1 aromatic rings. The average Bonchev–Trinajstić information content (AvgIpc) is 2.80. The second-order valence-corrected chi connectivity index (χ2v) is 6.31. The zero-order chi connectivity index (χ0) is 13.7. The third-order valence-corrected chi connectivity index (χ3v) is 4.72. The van der Waals surface area contributed by atoms with Gasteiger partial charge in [-0.3, -0.25) is 5.32 Å². The van der Waals surface area contributed by atoms with Gasteiger partial charge in [-0.05, 0) is 37.1 Å². The van der Waals surface area contributed by atoms with Crippen LogP contribution >= 0.6 is 11.8 Å². The number of carbonyl (C=O) groups is 1. The first-order valence-corrected chi connectivity index (χ1v) is 7.86. The minimum Gasteiger partial charge on any atom is -0.334 e. The maximum absolute atomic E-state index is 12.0. The Bertz CT molecular complexity index is 438. The molecule has 2 amide bonds. The number of thioether (sulfide) groups is 1. The molecule has 1 aliphatic rings. The molecule has 1 aliphatic carbocycles. The summed E-state index contributed by atoms with van der Waals surface area (Å²) in [4.78, 5) is 16.2. The van der Waals surface area contributed by atoms with E-state index in [9.17, 15) is 4.79 Å². The van der Waals surface area contributed by atoms with Crippen LogP contribution in [0.3, 0.4) is 0 Å². The summed E-state index contributed by atoms with van der Waals surface area (Å²) in [6, 6.07) is 3.95. The summed E-state index contributed by atoms with van der Waals surface area (Å²) in [5, 5.41) is 6.46. The summed E-state index contributed by atoms with van der Waals surface area (Å²) in [6.07, 6.45) is 5.16. The molecule has 1 fully saturated rings. The first-order chi connectivity index (χ1) is 9.20. The molecule has 5 heteroatoms. The number of rotatable bonds is 4.